The summed E-state index contributed by atoms with van der Waals surface area (Å²) >= 11 is 0. The molecule has 4 heteroatoms. The summed E-state index contributed by atoms with van der Waals surface area (Å²) < 4.78 is 0.695. The van der Waals surface area contributed by atoms with Crippen molar-refractivity contribution in [2.24, 2.45) is 5.73 Å². The summed E-state index contributed by atoms with van der Waals surface area (Å²) in [6, 6.07) is 8.16. The van der Waals surface area contributed by atoms with E-state index in [-0.39, 0.29) is 18.3 Å². The van der Waals surface area contributed by atoms with Gasteiger partial charge in [-0.3, -0.25) is 4.79 Å². The SMILES string of the molecule is C=Cc1ccccc1C[N+](CC)(CC)CC(N)=O.[Cl-]. The van der Waals surface area contributed by atoms with Crippen LogP contribution in [0.1, 0.15) is 25.0 Å². The molecule has 19 heavy (non-hydrogen) atoms. The largest absolute Gasteiger partial charge is 1.00 e. The number of rotatable bonds is 7. The molecule has 0 saturated heterocycles. The minimum absolute atomic E-state index is 0. The number of amides is 1. The molecule has 0 fully saturated rings. The molecule has 1 rings (SSSR count). The number of hydrogen-bond acceptors (Lipinski definition) is 1. The number of nitrogens with two attached hydrogens (primary N) is 1. The van der Waals surface area contributed by atoms with E-state index in [1.54, 1.807) is 0 Å². The van der Waals surface area contributed by atoms with Gasteiger partial charge in [0.25, 0.3) is 5.91 Å². The van der Waals surface area contributed by atoms with Crippen LogP contribution in [-0.4, -0.2) is 30.0 Å². The van der Waals surface area contributed by atoms with Crippen LogP contribution in [0.4, 0.5) is 0 Å². The second kappa shape index (κ2) is 7.97. The van der Waals surface area contributed by atoms with Crippen molar-refractivity contribution >= 4 is 12.0 Å². The lowest BCUT2D eigenvalue weighted by Gasteiger charge is -2.36. The van der Waals surface area contributed by atoms with Crippen molar-refractivity contribution in [3.63, 3.8) is 0 Å². The Morgan fingerprint density at radius 1 is 1.32 bits per heavy atom. The third-order valence-corrected chi connectivity index (χ3v) is 3.61. The monoisotopic (exact) mass is 282 g/mol. The Bertz CT molecular complexity index is 428. The first kappa shape index (κ1) is 17.7. The summed E-state index contributed by atoms with van der Waals surface area (Å²) in [4.78, 5) is 11.3. The minimum Gasteiger partial charge on any atom is -1.00 e. The highest BCUT2D eigenvalue weighted by Gasteiger charge is 2.26. The van der Waals surface area contributed by atoms with Crippen molar-refractivity contribution in [3.8, 4) is 0 Å². The Morgan fingerprint density at radius 3 is 2.37 bits per heavy atom. The lowest BCUT2D eigenvalue weighted by atomic mass is 10.1. The Labute approximate surface area is 122 Å². The van der Waals surface area contributed by atoms with E-state index in [1.165, 1.54) is 5.56 Å². The molecule has 3 nitrogen and oxygen atoms in total. The Balaban J connectivity index is 0.00000324. The van der Waals surface area contributed by atoms with Gasteiger partial charge in [-0.25, -0.2) is 0 Å². The zero-order valence-corrected chi connectivity index (χ0v) is 12.5. The Kier molecular flexibility index (Phi) is 7.42. The van der Waals surface area contributed by atoms with Crippen molar-refractivity contribution in [1.29, 1.82) is 0 Å². The van der Waals surface area contributed by atoms with Crippen LogP contribution in [0.5, 0.6) is 0 Å². The third kappa shape index (κ3) is 4.69. The van der Waals surface area contributed by atoms with Gasteiger partial charge >= 0.3 is 0 Å². The topological polar surface area (TPSA) is 43.1 Å². The lowest BCUT2D eigenvalue weighted by molar-refractivity contribution is -0.930. The molecule has 2 N–H and O–H groups in total. The summed E-state index contributed by atoms with van der Waals surface area (Å²) in [5.74, 6) is -0.241. The Morgan fingerprint density at radius 2 is 1.89 bits per heavy atom. The highest BCUT2D eigenvalue weighted by atomic mass is 35.5. The van der Waals surface area contributed by atoms with E-state index in [9.17, 15) is 4.79 Å². The molecule has 0 atom stereocenters. The van der Waals surface area contributed by atoms with E-state index < -0.39 is 0 Å². The van der Waals surface area contributed by atoms with Gasteiger partial charge < -0.3 is 22.6 Å². The molecular formula is C15H23ClN2O. The molecule has 0 unspecified atom stereocenters. The molecule has 106 valence electrons. The van der Waals surface area contributed by atoms with Gasteiger partial charge in [0, 0.05) is 5.56 Å². The van der Waals surface area contributed by atoms with Gasteiger partial charge in [-0.15, -0.1) is 0 Å². The first-order valence-corrected chi connectivity index (χ1v) is 6.40. The predicted molar refractivity (Wildman–Crippen MR) is 75.6 cm³/mol. The highest BCUT2D eigenvalue weighted by molar-refractivity contribution is 5.74. The number of nitrogens with zero attached hydrogens (tertiary/aromatic N) is 1. The van der Waals surface area contributed by atoms with E-state index in [4.69, 9.17) is 5.73 Å². The average Bonchev–Trinajstić information content (AvgIpc) is 2.38. The molecule has 0 spiro atoms. The van der Waals surface area contributed by atoms with E-state index >= 15 is 0 Å². The summed E-state index contributed by atoms with van der Waals surface area (Å²) in [6.07, 6.45) is 1.86. The van der Waals surface area contributed by atoms with Gasteiger partial charge in [0.1, 0.15) is 6.54 Å². The number of benzene rings is 1. The first-order valence-electron chi connectivity index (χ1n) is 6.40. The summed E-state index contributed by atoms with van der Waals surface area (Å²) in [7, 11) is 0. The smallest absolute Gasteiger partial charge is 0.272 e. The fourth-order valence-electron chi connectivity index (χ4n) is 2.30. The van der Waals surface area contributed by atoms with Gasteiger partial charge in [-0.2, -0.15) is 0 Å². The molecule has 0 radical (unpaired) electrons. The van der Waals surface area contributed by atoms with Crippen LogP contribution in [0.15, 0.2) is 30.8 Å². The van der Waals surface area contributed by atoms with Gasteiger partial charge in [0.15, 0.2) is 6.54 Å². The van der Waals surface area contributed by atoms with Crippen molar-refractivity contribution in [1.82, 2.24) is 0 Å². The number of hydrogen-bond donors (Lipinski definition) is 1. The van der Waals surface area contributed by atoms with Crippen LogP contribution in [0.3, 0.4) is 0 Å². The van der Waals surface area contributed by atoms with Crippen molar-refractivity contribution in [3.05, 3.63) is 42.0 Å². The van der Waals surface area contributed by atoms with Crippen molar-refractivity contribution in [2.45, 2.75) is 20.4 Å². The second-order valence-electron chi connectivity index (χ2n) is 4.66. The fraction of sp³-hybridized carbons (Fsp3) is 0.400. The summed E-state index contributed by atoms with van der Waals surface area (Å²) in [6.45, 7) is 11.0. The molecule has 0 aromatic heterocycles. The number of carbonyl (C=O) groups is 1. The van der Waals surface area contributed by atoms with Gasteiger partial charge in [0.2, 0.25) is 0 Å². The fourth-order valence-corrected chi connectivity index (χ4v) is 2.30. The molecule has 1 amide bonds. The van der Waals surface area contributed by atoms with Crippen LogP contribution in [-0.2, 0) is 11.3 Å². The normalized spacial score (nSPS) is 10.6. The minimum atomic E-state index is -0.241. The summed E-state index contributed by atoms with van der Waals surface area (Å²) in [5, 5.41) is 0. The zero-order chi connectivity index (χ0) is 13.6. The van der Waals surface area contributed by atoms with E-state index in [0.717, 1.165) is 25.2 Å². The molecule has 0 saturated carbocycles. The molecule has 0 heterocycles. The maximum atomic E-state index is 11.3. The first-order chi connectivity index (χ1) is 8.56. The number of primary amides is 1. The van der Waals surface area contributed by atoms with Gasteiger partial charge in [-0.05, 0) is 19.4 Å². The average molecular weight is 283 g/mol. The number of quaternary nitrogens is 1. The predicted octanol–water partition coefficient (Wildman–Crippen LogP) is -0.824. The zero-order valence-electron chi connectivity index (χ0n) is 11.7. The highest BCUT2D eigenvalue weighted by Crippen LogP contribution is 2.18. The van der Waals surface area contributed by atoms with Crippen molar-refractivity contribution in [2.75, 3.05) is 19.6 Å². The second-order valence-corrected chi connectivity index (χ2v) is 4.66. The Hall–Kier alpha value is -1.32. The maximum absolute atomic E-state index is 11.3. The van der Waals surface area contributed by atoms with Crippen LogP contribution in [0, 0.1) is 0 Å². The molecular weight excluding hydrogens is 260 g/mol. The summed E-state index contributed by atoms with van der Waals surface area (Å²) in [5.41, 5.74) is 7.73. The molecule has 1 aromatic rings. The number of halogens is 1. The van der Waals surface area contributed by atoms with Crippen LogP contribution < -0.4 is 18.1 Å². The third-order valence-electron chi connectivity index (χ3n) is 3.61. The van der Waals surface area contributed by atoms with Crippen LogP contribution in [0.2, 0.25) is 0 Å². The number of carbonyl (C=O) groups excluding carboxylic acids is 1. The number of likely N-dealkylation sites (N-methyl/N-ethyl adjacent to an activating group) is 1. The van der Waals surface area contributed by atoms with Crippen LogP contribution >= 0.6 is 0 Å². The van der Waals surface area contributed by atoms with Gasteiger partial charge in [-0.1, -0.05) is 36.9 Å². The molecule has 0 aliphatic rings. The molecule has 1 aromatic carbocycles. The molecule has 0 bridgehead atoms. The van der Waals surface area contributed by atoms with E-state index in [1.807, 2.05) is 24.3 Å². The molecule has 0 aliphatic heterocycles. The van der Waals surface area contributed by atoms with E-state index in [0.29, 0.717) is 11.0 Å². The lowest BCUT2D eigenvalue weighted by Crippen LogP contribution is -3.00. The quantitative estimate of drug-likeness (QED) is 0.652. The van der Waals surface area contributed by atoms with Crippen molar-refractivity contribution < 1.29 is 21.7 Å². The molecule has 0 aliphatic carbocycles. The van der Waals surface area contributed by atoms with E-state index in [2.05, 4.69) is 26.5 Å². The van der Waals surface area contributed by atoms with Gasteiger partial charge in [0.05, 0.1) is 13.1 Å². The van der Waals surface area contributed by atoms with Crippen LogP contribution in [0.25, 0.3) is 6.08 Å². The standard InChI is InChI=1S/C15H22N2O.ClH/c1-4-13-9-7-8-10-14(13)11-17(5-2,6-3)12-15(16)18;/h4,7-10H,1,5-6,11-12H2,2-3H3,(H-,16,18);1H. The maximum Gasteiger partial charge on any atom is 0.272 e.